The van der Waals surface area contributed by atoms with Gasteiger partial charge < -0.3 is 10.1 Å². The third kappa shape index (κ3) is 7.04. The maximum absolute atomic E-state index is 12.2. The molecule has 1 amide bonds. The first-order chi connectivity index (χ1) is 12.1. The van der Waals surface area contributed by atoms with E-state index in [1.807, 2.05) is 43.0 Å². The summed E-state index contributed by atoms with van der Waals surface area (Å²) in [5.41, 5.74) is 2.61. The van der Waals surface area contributed by atoms with Crippen molar-refractivity contribution in [2.45, 2.75) is 29.7 Å². The van der Waals surface area contributed by atoms with E-state index in [-0.39, 0.29) is 11.2 Å². The van der Waals surface area contributed by atoms with Crippen LogP contribution in [0.15, 0.2) is 53.4 Å². The molecule has 0 heterocycles. The summed E-state index contributed by atoms with van der Waals surface area (Å²) in [4.78, 5) is 13.2. The molecule has 2 aromatic rings. The van der Waals surface area contributed by atoms with Gasteiger partial charge in [0.1, 0.15) is 5.75 Å². The minimum absolute atomic E-state index is 0.0803. The maximum Gasteiger partial charge on any atom is 0.233 e. The lowest BCUT2D eigenvalue weighted by Crippen LogP contribution is -2.32. The van der Waals surface area contributed by atoms with Crippen molar-refractivity contribution in [3.05, 3.63) is 59.7 Å². The zero-order valence-electron chi connectivity index (χ0n) is 15.0. The van der Waals surface area contributed by atoms with Gasteiger partial charge in [0.2, 0.25) is 5.91 Å². The number of methoxy groups -OCH3 is 1. The number of carbonyl (C=O) groups is 1. The predicted molar refractivity (Wildman–Crippen MR) is 109 cm³/mol. The lowest BCUT2D eigenvalue weighted by molar-refractivity contribution is -0.120. The molecule has 3 nitrogen and oxygen atoms in total. The van der Waals surface area contributed by atoms with Crippen molar-refractivity contribution in [1.82, 2.24) is 5.32 Å². The Morgan fingerprint density at radius 1 is 1.12 bits per heavy atom. The van der Waals surface area contributed by atoms with E-state index < -0.39 is 0 Å². The zero-order valence-corrected chi connectivity index (χ0v) is 16.6. The highest BCUT2D eigenvalue weighted by Crippen LogP contribution is 2.25. The summed E-state index contributed by atoms with van der Waals surface area (Å²) < 4.78 is 5.14. The van der Waals surface area contributed by atoms with Gasteiger partial charge in [-0.1, -0.05) is 29.8 Å². The van der Waals surface area contributed by atoms with Gasteiger partial charge in [-0.15, -0.1) is 11.8 Å². The molecule has 134 valence electrons. The van der Waals surface area contributed by atoms with Gasteiger partial charge in [0.05, 0.1) is 12.4 Å². The summed E-state index contributed by atoms with van der Waals surface area (Å²) >= 11 is 3.40. The van der Waals surface area contributed by atoms with Crippen molar-refractivity contribution < 1.29 is 9.53 Å². The number of thioether (sulfide) groups is 2. The molecule has 5 heteroatoms. The molecule has 0 saturated carbocycles. The van der Waals surface area contributed by atoms with E-state index in [9.17, 15) is 4.79 Å². The molecule has 2 aromatic carbocycles. The van der Waals surface area contributed by atoms with Crippen molar-refractivity contribution in [3.8, 4) is 5.75 Å². The van der Waals surface area contributed by atoms with Crippen LogP contribution in [0, 0.1) is 6.92 Å². The average Bonchev–Trinajstić information content (AvgIpc) is 2.63. The van der Waals surface area contributed by atoms with Crippen molar-refractivity contribution in [2.75, 3.05) is 19.4 Å². The van der Waals surface area contributed by atoms with Gasteiger partial charge in [0, 0.05) is 22.9 Å². The molecule has 25 heavy (non-hydrogen) atoms. The molecule has 0 radical (unpaired) electrons. The second-order valence-corrected chi connectivity index (χ2v) is 8.28. The standard InChI is InChI=1S/C20H25NO2S2/c1-15-4-6-17(7-5-15)14-24-13-12-21-20(22)16(2)25-19-10-8-18(23-3)9-11-19/h4-11,16H,12-14H2,1-3H3,(H,21,22)/t16-/m1/s1. The van der Waals surface area contributed by atoms with E-state index in [0.717, 1.165) is 22.2 Å². The summed E-state index contributed by atoms with van der Waals surface area (Å²) in [6.45, 7) is 4.73. The number of carbonyl (C=O) groups excluding carboxylic acids is 1. The second-order valence-electron chi connectivity index (χ2n) is 5.76. The van der Waals surface area contributed by atoms with E-state index in [4.69, 9.17) is 4.74 Å². The SMILES string of the molecule is COc1ccc(S[C@H](C)C(=O)NCCSCc2ccc(C)cc2)cc1. The highest BCUT2D eigenvalue weighted by atomic mass is 32.2. The van der Waals surface area contributed by atoms with Gasteiger partial charge in [-0.05, 0) is 43.7 Å². The Morgan fingerprint density at radius 3 is 2.44 bits per heavy atom. The third-order valence-electron chi connectivity index (χ3n) is 3.68. The van der Waals surface area contributed by atoms with E-state index in [1.165, 1.54) is 11.1 Å². The van der Waals surface area contributed by atoms with Crippen LogP contribution >= 0.6 is 23.5 Å². The fraction of sp³-hybridized carbons (Fsp3) is 0.350. The highest BCUT2D eigenvalue weighted by Gasteiger charge is 2.13. The fourth-order valence-electron chi connectivity index (χ4n) is 2.18. The molecule has 0 aliphatic heterocycles. The summed E-state index contributed by atoms with van der Waals surface area (Å²) in [7, 11) is 1.65. The second kappa shape index (κ2) is 10.4. The maximum atomic E-state index is 12.2. The van der Waals surface area contributed by atoms with Crippen LogP contribution in [0.5, 0.6) is 5.75 Å². The third-order valence-corrected chi connectivity index (χ3v) is 5.82. The molecule has 1 N–H and O–H groups in total. The number of hydrogen-bond acceptors (Lipinski definition) is 4. The largest absolute Gasteiger partial charge is 0.497 e. The molecule has 2 rings (SSSR count). The van der Waals surface area contributed by atoms with Gasteiger partial charge in [0.25, 0.3) is 0 Å². The monoisotopic (exact) mass is 375 g/mol. The number of amides is 1. The van der Waals surface area contributed by atoms with Gasteiger partial charge in [0.15, 0.2) is 0 Å². The Balaban J connectivity index is 1.64. The lowest BCUT2D eigenvalue weighted by atomic mass is 10.2. The van der Waals surface area contributed by atoms with Gasteiger partial charge in [-0.2, -0.15) is 11.8 Å². The Morgan fingerprint density at radius 2 is 1.80 bits per heavy atom. The van der Waals surface area contributed by atoms with Crippen LogP contribution in [0.1, 0.15) is 18.1 Å². The number of rotatable bonds is 9. The number of nitrogens with one attached hydrogen (secondary N) is 1. The lowest BCUT2D eigenvalue weighted by Gasteiger charge is -2.12. The predicted octanol–water partition coefficient (Wildman–Crippen LogP) is 4.53. The summed E-state index contributed by atoms with van der Waals surface area (Å²) in [6, 6.07) is 16.4. The molecule has 0 spiro atoms. The Labute approximate surface area is 158 Å². The summed E-state index contributed by atoms with van der Waals surface area (Å²) in [6.07, 6.45) is 0. The average molecular weight is 376 g/mol. The first-order valence-corrected chi connectivity index (χ1v) is 10.3. The van der Waals surface area contributed by atoms with Crippen LogP contribution in [0.3, 0.4) is 0 Å². The molecule has 0 aliphatic rings. The van der Waals surface area contributed by atoms with Crippen LogP contribution in [-0.2, 0) is 10.5 Å². The van der Waals surface area contributed by atoms with Crippen LogP contribution in [-0.4, -0.2) is 30.6 Å². The Kier molecular flexibility index (Phi) is 8.22. The van der Waals surface area contributed by atoms with Crippen molar-refractivity contribution in [3.63, 3.8) is 0 Å². The van der Waals surface area contributed by atoms with Crippen LogP contribution < -0.4 is 10.1 Å². The van der Waals surface area contributed by atoms with Crippen LogP contribution in [0.2, 0.25) is 0 Å². The molecule has 0 unspecified atom stereocenters. The number of benzene rings is 2. The molecule has 0 bridgehead atoms. The van der Waals surface area contributed by atoms with Crippen molar-refractivity contribution in [2.24, 2.45) is 0 Å². The Hall–Kier alpha value is -1.59. The first kappa shape index (κ1) is 19.7. The number of ether oxygens (including phenoxy) is 1. The quantitative estimate of drug-likeness (QED) is 0.516. The molecule has 0 saturated heterocycles. The number of aryl methyl sites for hydroxylation is 1. The summed E-state index contributed by atoms with van der Waals surface area (Å²) in [5.74, 6) is 2.80. The highest BCUT2D eigenvalue weighted by molar-refractivity contribution is 8.00. The fourth-order valence-corrected chi connectivity index (χ4v) is 3.89. The molecule has 0 fully saturated rings. The van der Waals surface area contributed by atoms with E-state index >= 15 is 0 Å². The van der Waals surface area contributed by atoms with Gasteiger partial charge in [-0.3, -0.25) is 4.79 Å². The van der Waals surface area contributed by atoms with Gasteiger partial charge in [-0.25, -0.2) is 0 Å². The molecular weight excluding hydrogens is 350 g/mol. The van der Waals surface area contributed by atoms with E-state index in [2.05, 4.69) is 36.5 Å². The van der Waals surface area contributed by atoms with Crippen LogP contribution in [0.25, 0.3) is 0 Å². The van der Waals surface area contributed by atoms with Crippen molar-refractivity contribution in [1.29, 1.82) is 0 Å². The first-order valence-electron chi connectivity index (χ1n) is 8.30. The smallest absolute Gasteiger partial charge is 0.233 e. The minimum Gasteiger partial charge on any atom is -0.497 e. The topological polar surface area (TPSA) is 38.3 Å². The Bertz CT molecular complexity index is 656. The van der Waals surface area contributed by atoms with E-state index in [0.29, 0.717) is 6.54 Å². The molecule has 1 atom stereocenters. The molecule has 0 aromatic heterocycles. The molecular formula is C20H25NO2S2. The van der Waals surface area contributed by atoms with Gasteiger partial charge >= 0.3 is 0 Å². The van der Waals surface area contributed by atoms with Crippen LogP contribution in [0.4, 0.5) is 0 Å². The van der Waals surface area contributed by atoms with E-state index in [1.54, 1.807) is 18.9 Å². The number of hydrogen-bond donors (Lipinski definition) is 1. The normalized spacial score (nSPS) is 11.8. The minimum atomic E-state index is -0.115. The summed E-state index contributed by atoms with van der Waals surface area (Å²) in [5, 5.41) is 2.90. The van der Waals surface area contributed by atoms with Crippen molar-refractivity contribution >= 4 is 29.4 Å². The molecule has 0 aliphatic carbocycles. The zero-order chi connectivity index (χ0) is 18.1.